The van der Waals surface area contributed by atoms with E-state index in [0.717, 1.165) is 22.5 Å². The Morgan fingerprint density at radius 1 is 1.12 bits per heavy atom. The summed E-state index contributed by atoms with van der Waals surface area (Å²) in [5.74, 6) is -2.05. The average molecular weight is 475 g/mol. The Morgan fingerprint density at radius 2 is 1.85 bits per heavy atom. The van der Waals surface area contributed by atoms with Crippen LogP contribution in [0.25, 0.3) is 5.69 Å². The van der Waals surface area contributed by atoms with Gasteiger partial charge in [-0.1, -0.05) is 11.6 Å². The fourth-order valence-corrected chi connectivity index (χ4v) is 4.16. The van der Waals surface area contributed by atoms with Gasteiger partial charge in [-0.05, 0) is 43.3 Å². The van der Waals surface area contributed by atoms with Crippen LogP contribution in [0.2, 0.25) is 5.02 Å². The quantitative estimate of drug-likeness (QED) is 0.538. The lowest BCUT2D eigenvalue weighted by Crippen LogP contribution is -2.52. The zero-order valence-corrected chi connectivity index (χ0v) is 18.7. The Labute approximate surface area is 193 Å². The molecule has 4 rings (SSSR count). The van der Waals surface area contributed by atoms with Crippen molar-refractivity contribution >= 4 is 28.9 Å². The largest absolute Gasteiger partial charge is 0.465 e. The smallest absolute Gasteiger partial charge is 0.337 e. The summed E-state index contributed by atoms with van der Waals surface area (Å²) >= 11 is 6.38. The van der Waals surface area contributed by atoms with Gasteiger partial charge in [-0.25, -0.2) is 13.6 Å². The number of aromatic nitrogens is 2. The first kappa shape index (κ1) is 22.7. The van der Waals surface area contributed by atoms with E-state index in [-0.39, 0.29) is 16.8 Å². The van der Waals surface area contributed by atoms with Crippen LogP contribution in [0.15, 0.2) is 53.5 Å². The first-order chi connectivity index (χ1) is 15.8. The molecule has 2 heterocycles. The third kappa shape index (κ3) is 4.41. The molecule has 1 fully saturated rings. The Balaban J connectivity index is 1.54. The highest BCUT2D eigenvalue weighted by atomic mass is 35.5. The summed E-state index contributed by atoms with van der Waals surface area (Å²) in [6.45, 7) is 3.85. The number of nitrogens with zero attached hydrogens (tertiary/aromatic N) is 4. The van der Waals surface area contributed by atoms with Gasteiger partial charge < -0.3 is 14.5 Å². The van der Waals surface area contributed by atoms with Crippen LogP contribution in [0, 0.1) is 11.6 Å². The maximum atomic E-state index is 14.1. The van der Waals surface area contributed by atoms with E-state index < -0.39 is 23.2 Å². The van der Waals surface area contributed by atoms with Crippen LogP contribution in [0.5, 0.6) is 0 Å². The van der Waals surface area contributed by atoms with Crippen molar-refractivity contribution in [1.29, 1.82) is 0 Å². The van der Waals surface area contributed by atoms with Crippen LogP contribution in [-0.4, -0.2) is 48.5 Å². The minimum Gasteiger partial charge on any atom is -0.465 e. The van der Waals surface area contributed by atoms with Crippen LogP contribution in [0.3, 0.4) is 0 Å². The summed E-state index contributed by atoms with van der Waals surface area (Å²) in [5.41, 5.74) is 1.02. The molecule has 0 radical (unpaired) electrons. The number of methoxy groups -OCH3 is 1. The average Bonchev–Trinajstić information content (AvgIpc) is 2.81. The number of piperazine rings is 1. The third-order valence-electron chi connectivity index (χ3n) is 5.63. The van der Waals surface area contributed by atoms with Crippen molar-refractivity contribution in [2.45, 2.75) is 13.0 Å². The molecule has 0 N–H and O–H groups in total. The molecule has 1 aliphatic rings. The first-order valence-corrected chi connectivity index (χ1v) is 10.6. The van der Waals surface area contributed by atoms with E-state index in [2.05, 4.69) is 10.00 Å². The van der Waals surface area contributed by atoms with Gasteiger partial charge in [0.1, 0.15) is 16.5 Å². The number of benzene rings is 2. The summed E-state index contributed by atoms with van der Waals surface area (Å²) in [7, 11) is 1.34. The Bertz CT molecular complexity index is 1250. The number of ether oxygens (including phenoxy) is 1. The molecule has 0 aliphatic carbocycles. The van der Waals surface area contributed by atoms with E-state index in [0.29, 0.717) is 37.0 Å². The molecule has 1 atom stereocenters. The molecule has 2 aromatic carbocycles. The number of rotatable bonds is 4. The highest BCUT2D eigenvalue weighted by Gasteiger charge is 2.27. The minimum atomic E-state index is -0.909. The van der Waals surface area contributed by atoms with Crippen molar-refractivity contribution in [1.82, 2.24) is 9.78 Å². The lowest BCUT2D eigenvalue weighted by molar-refractivity contribution is 0.0600. The molecule has 172 valence electrons. The lowest BCUT2D eigenvalue weighted by atomic mass is 10.1. The third-order valence-corrected chi connectivity index (χ3v) is 5.98. The van der Waals surface area contributed by atoms with Gasteiger partial charge in [-0.3, -0.25) is 4.79 Å². The Hall–Kier alpha value is -3.46. The van der Waals surface area contributed by atoms with Crippen molar-refractivity contribution in [3.05, 3.63) is 81.2 Å². The summed E-state index contributed by atoms with van der Waals surface area (Å²) in [4.78, 5) is 28.6. The highest BCUT2D eigenvalue weighted by molar-refractivity contribution is 6.33. The van der Waals surface area contributed by atoms with E-state index in [9.17, 15) is 18.4 Å². The van der Waals surface area contributed by atoms with Crippen molar-refractivity contribution in [2.75, 3.05) is 36.5 Å². The summed E-state index contributed by atoms with van der Waals surface area (Å²) in [5, 5.41) is 3.99. The van der Waals surface area contributed by atoms with Gasteiger partial charge in [-0.15, -0.1) is 0 Å². The predicted molar refractivity (Wildman–Crippen MR) is 122 cm³/mol. The van der Waals surface area contributed by atoms with Gasteiger partial charge in [0, 0.05) is 37.4 Å². The second kappa shape index (κ2) is 9.19. The SMILES string of the molecule is COC(=O)c1ccc(N2CCN(c3cnn(-c4ccc(F)cc4F)c(=O)c3Cl)C(C)C2)cc1. The summed E-state index contributed by atoms with van der Waals surface area (Å²) < 4.78 is 32.9. The molecule has 1 aliphatic heterocycles. The number of carbonyl (C=O) groups excluding carboxylic acids is 1. The molecule has 10 heteroatoms. The van der Waals surface area contributed by atoms with Crippen molar-refractivity contribution < 1.29 is 18.3 Å². The second-order valence-electron chi connectivity index (χ2n) is 7.68. The molecular weight excluding hydrogens is 454 g/mol. The van der Waals surface area contributed by atoms with E-state index in [4.69, 9.17) is 16.3 Å². The topological polar surface area (TPSA) is 67.7 Å². The first-order valence-electron chi connectivity index (χ1n) is 10.2. The Kier molecular flexibility index (Phi) is 6.33. The van der Waals surface area contributed by atoms with Crippen LogP contribution < -0.4 is 15.4 Å². The van der Waals surface area contributed by atoms with Crippen LogP contribution in [0.1, 0.15) is 17.3 Å². The molecule has 0 spiro atoms. The normalized spacial score (nSPS) is 16.1. The monoisotopic (exact) mass is 474 g/mol. The number of hydrogen-bond acceptors (Lipinski definition) is 6. The van der Waals surface area contributed by atoms with E-state index in [1.54, 1.807) is 12.1 Å². The molecule has 33 heavy (non-hydrogen) atoms. The van der Waals surface area contributed by atoms with Crippen LogP contribution >= 0.6 is 11.6 Å². The van der Waals surface area contributed by atoms with Gasteiger partial charge in [0.25, 0.3) is 5.56 Å². The van der Waals surface area contributed by atoms with Gasteiger partial charge in [0.05, 0.1) is 24.6 Å². The van der Waals surface area contributed by atoms with Gasteiger partial charge in [0.15, 0.2) is 5.82 Å². The second-order valence-corrected chi connectivity index (χ2v) is 8.06. The molecule has 0 bridgehead atoms. The summed E-state index contributed by atoms with van der Waals surface area (Å²) in [6, 6.07) is 10.0. The maximum absolute atomic E-state index is 14.1. The van der Waals surface area contributed by atoms with Crippen molar-refractivity contribution in [3.63, 3.8) is 0 Å². The predicted octanol–water partition coefficient (Wildman–Crippen LogP) is 3.67. The molecule has 1 unspecified atom stereocenters. The van der Waals surface area contributed by atoms with E-state index >= 15 is 0 Å². The number of anilines is 2. The van der Waals surface area contributed by atoms with Gasteiger partial charge in [-0.2, -0.15) is 9.78 Å². The molecule has 1 saturated heterocycles. The zero-order valence-electron chi connectivity index (χ0n) is 18.0. The number of esters is 1. The molecule has 7 nitrogen and oxygen atoms in total. The minimum absolute atomic E-state index is 0.0175. The fourth-order valence-electron chi connectivity index (χ4n) is 3.93. The number of carbonyl (C=O) groups is 1. The molecule has 0 saturated carbocycles. The highest BCUT2D eigenvalue weighted by Crippen LogP contribution is 2.28. The van der Waals surface area contributed by atoms with Crippen LogP contribution in [-0.2, 0) is 4.74 Å². The maximum Gasteiger partial charge on any atom is 0.337 e. The fraction of sp³-hybridized carbons (Fsp3) is 0.261. The lowest BCUT2D eigenvalue weighted by Gasteiger charge is -2.42. The molecule has 1 aromatic heterocycles. The van der Waals surface area contributed by atoms with Gasteiger partial charge in [0.2, 0.25) is 0 Å². The van der Waals surface area contributed by atoms with Gasteiger partial charge >= 0.3 is 5.97 Å². The van der Waals surface area contributed by atoms with E-state index in [1.807, 2.05) is 24.0 Å². The van der Waals surface area contributed by atoms with Crippen molar-refractivity contribution in [3.8, 4) is 5.69 Å². The number of hydrogen-bond donors (Lipinski definition) is 0. The number of halogens is 3. The molecular formula is C23H21ClF2N4O3. The molecule has 0 amide bonds. The molecule has 3 aromatic rings. The summed E-state index contributed by atoms with van der Waals surface area (Å²) in [6.07, 6.45) is 1.42. The van der Waals surface area contributed by atoms with E-state index in [1.165, 1.54) is 13.3 Å². The van der Waals surface area contributed by atoms with Crippen molar-refractivity contribution in [2.24, 2.45) is 0 Å². The standard InChI is InChI=1S/C23H21ClF2N4O3/c1-14-13-28(17-6-3-15(4-7-17)23(32)33-2)9-10-29(14)20-12-27-30(22(31)21(20)24)19-8-5-16(25)11-18(19)26/h3-8,11-12,14H,9-10,13H2,1-2H3. The Morgan fingerprint density at radius 3 is 2.48 bits per heavy atom. The zero-order chi connectivity index (χ0) is 23.7. The van der Waals surface area contributed by atoms with Crippen LogP contribution in [0.4, 0.5) is 20.2 Å².